The van der Waals surface area contributed by atoms with Gasteiger partial charge >= 0.3 is 0 Å². The van der Waals surface area contributed by atoms with Crippen LogP contribution in [-0.4, -0.2) is 35.9 Å². The summed E-state index contributed by atoms with van der Waals surface area (Å²) in [5, 5.41) is 8.29. The number of aryl methyl sites for hydroxylation is 2. The van der Waals surface area contributed by atoms with Crippen LogP contribution in [0.1, 0.15) is 11.3 Å². The number of anilines is 2. The van der Waals surface area contributed by atoms with Gasteiger partial charge in [-0.15, -0.1) is 0 Å². The second kappa shape index (κ2) is 7.94. The molecule has 154 valence electrons. The molecule has 0 atom stereocenters. The highest BCUT2D eigenvalue weighted by Crippen LogP contribution is 2.34. The van der Waals surface area contributed by atoms with E-state index >= 15 is 0 Å². The number of nitrogens with one attached hydrogen (secondary N) is 1. The maximum Gasteiger partial charge on any atom is 0.161 e. The Morgan fingerprint density at radius 1 is 0.833 bits per heavy atom. The highest BCUT2D eigenvalue weighted by Gasteiger charge is 2.17. The van der Waals surface area contributed by atoms with Crippen molar-refractivity contribution in [2.75, 3.05) is 26.6 Å². The van der Waals surface area contributed by atoms with Crippen LogP contribution in [0.15, 0.2) is 48.5 Å². The molecule has 0 saturated heterocycles. The summed E-state index contributed by atoms with van der Waals surface area (Å²) in [6, 6.07) is 15.5. The van der Waals surface area contributed by atoms with Crippen LogP contribution < -0.4 is 19.5 Å². The molecule has 0 radical (unpaired) electrons. The van der Waals surface area contributed by atoms with Crippen molar-refractivity contribution in [3.8, 4) is 28.5 Å². The van der Waals surface area contributed by atoms with E-state index in [4.69, 9.17) is 24.3 Å². The number of aromatic nitrogens is 3. The number of benzene rings is 2. The molecule has 1 N–H and O–H groups in total. The van der Waals surface area contributed by atoms with Crippen LogP contribution in [0.25, 0.3) is 16.9 Å². The van der Waals surface area contributed by atoms with Gasteiger partial charge in [0.25, 0.3) is 0 Å². The molecule has 0 aliphatic carbocycles. The van der Waals surface area contributed by atoms with Crippen LogP contribution >= 0.6 is 0 Å². The van der Waals surface area contributed by atoms with Crippen LogP contribution in [0, 0.1) is 13.8 Å². The van der Waals surface area contributed by atoms with E-state index in [1.165, 1.54) is 0 Å². The first kappa shape index (κ1) is 19.6. The lowest BCUT2D eigenvalue weighted by Crippen LogP contribution is -2.02. The summed E-state index contributed by atoms with van der Waals surface area (Å²) >= 11 is 0. The summed E-state index contributed by atoms with van der Waals surface area (Å²) < 4.78 is 17.9. The predicted octanol–water partition coefficient (Wildman–Crippen LogP) is 4.78. The Hall–Kier alpha value is -3.74. The zero-order valence-corrected chi connectivity index (χ0v) is 17.7. The first-order chi connectivity index (χ1) is 14.5. The Balaban J connectivity index is 1.80. The molecule has 2 aromatic heterocycles. The van der Waals surface area contributed by atoms with E-state index in [9.17, 15) is 0 Å². The summed E-state index contributed by atoms with van der Waals surface area (Å²) in [4.78, 5) is 4.71. The van der Waals surface area contributed by atoms with Gasteiger partial charge in [-0.2, -0.15) is 9.61 Å². The molecule has 0 unspecified atom stereocenters. The van der Waals surface area contributed by atoms with Crippen molar-refractivity contribution in [2.24, 2.45) is 0 Å². The van der Waals surface area contributed by atoms with Gasteiger partial charge in [-0.25, -0.2) is 4.98 Å². The first-order valence-electron chi connectivity index (χ1n) is 9.54. The van der Waals surface area contributed by atoms with E-state index in [1.807, 2.05) is 66.9 Å². The Morgan fingerprint density at radius 2 is 1.57 bits per heavy atom. The quantitative estimate of drug-likeness (QED) is 0.499. The molecule has 0 saturated carbocycles. The third-order valence-corrected chi connectivity index (χ3v) is 4.97. The van der Waals surface area contributed by atoms with Crippen molar-refractivity contribution >= 4 is 17.2 Å². The van der Waals surface area contributed by atoms with Gasteiger partial charge in [-0.3, -0.25) is 0 Å². The van der Waals surface area contributed by atoms with Gasteiger partial charge < -0.3 is 19.5 Å². The van der Waals surface area contributed by atoms with E-state index in [-0.39, 0.29) is 0 Å². The van der Waals surface area contributed by atoms with Gasteiger partial charge in [0, 0.05) is 28.6 Å². The average Bonchev–Trinajstić information content (AvgIpc) is 3.10. The predicted molar refractivity (Wildman–Crippen MR) is 117 cm³/mol. The number of rotatable bonds is 6. The van der Waals surface area contributed by atoms with Gasteiger partial charge in [0.2, 0.25) is 0 Å². The molecule has 7 nitrogen and oxygen atoms in total. The topological polar surface area (TPSA) is 69.9 Å². The molecule has 30 heavy (non-hydrogen) atoms. The maximum absolute atomic E-state index is 5.46. The molecule has 0 spiro atoms. The highest BCUT2D eigenvalue weighted by atomic mass is 16.5. The fraction of sp³-hybridized carbons (Fsp3) is 0.217. The summed E-state index contributed by atoms with van der Waals surface area (Å²) in [5.41, 5.74) is 5.40. The van der Waals surface area contributed by atoms with Crippen molar-refractivity contribution in [1.29, 1.82) is 0 Å². The largest absolute Gasteiger partial charge is 0.497 e. The molecule has 0 aliphatic rings. The van der Waals surface area contributed by atoms with Crippen LogP contribution in [0.3, 0.4) is 0 Å². The van der Waals surface area contributed by atoms with Gasteiger partial charge in [-0.05, 0) is 56.3 Å². The van der Waals surface area contributed by atoms with E-state index in [0.29, 0.717) is 11.5 Å². The Morgan fingerprint density at radius 3 is 2.23 bits per heavy atom. The lowest BCUT2D eigenvalue weighted by Gasteiger charge is -2.10. The molecule has 7 heteroatoms. The normalized spacial score (nSPS) is 10.8. The lowest BCUT2D eigenvalue weighted by molar-refractivity contribution is 0.355. The monoisotopic (exact) mass is 404 g/mol. The second-order valence-corrected chi connectivity index (χ2v) is 6.92. The minimum absolute atomic E-state index is 0.659. The van der Waals surface area contributed by atoms with Crippen molar-refractivity contribution in [1.82, 2.24) is 14.6 Å². The van der Waals surface area contributed by atoms with E-state index in [2.05, 4.69) is 5.32 Å². The minimum atomic E-state index is 0.659. The SMILES string of the molecule is COc1ccc(Nc2cc(C)nc3c(C)c(-c4ccc(OC)c(OC)c4)nn23)cc1. The standard InChI is InChI=1S/C23H24N4O3/c1-14-12-21(25-17-7-9-18(28-3)10-8-17)27-23(24-14)15(2)22(26-27)16-6-11-19(29-4)20(13-16)30-5/h6-13,25H,1-5H3. The second-order valence-electron chi connectivity index (χ2n) is 6.92. The zero-order chi connectivity index (χ0) is 21.3. The fourth-order valence-corrected chi connectivity index (χ4v) is 3.41. The molecule has 0 amide bonds. The molecule has 2 aromatic carbocycles. The average molecular weight is 404 g/mol. The van der Waals surface area contributed by atoms with Crippen molar-refractivity contribution in [3.63, 3.8) is 0 Å². The summed E-state index contributed by atoms with van der Waals surface area (Å²) in [6.07, 6.45) is 0. The van der Waals surface area contributed by atoms with Crippen LogP contribution in [0.5, 0.6) is 17.2 Å². The third kappa shape index (κ3) is 3.50. The number of methoxy groups -OCH3 is 3. The Bertz CT molecular complexity index is 1200. The summed E-state index contributed by atoms with van der Waals surface area (Å²) in [6.45, 7) is 4.00. The van der Waals surface area contributed by atoms with Crippen molar-refractivity contribution in [2.45, 2.75) is 13.8 Å². The number of hydrogen-bond acceptors (Lipinski definition) is 6. The van der Waals surface area contributed by atoms with Crippen LogP contribution in [-0.2, 0) is 0 Å². The first-order valence-corrected chi connectivity index (χ1v) is 9.54. The highest BCUT2D eigenvalue weighted by molar-refractivity contribution is 5.74. The van der Waals surface area contributed by atoms with E-state index < -0.39 is 0 Å². The third-order valence-electron chi connectivity index (χ3n) is 4.97. The molecule has 4 aromatic rings. The number of fused-ring (bicyclic) bond motifs is 1. The summed E-state index contributed by atoms with van der Waals surface area (Å²) in [7, 11) is 4.90. The molecule has 4 rings (SSSR count). The van der Waals surface area contributed by atoms with E-state index in [0.717, 1.165) is 45.4 Å². The number of nitrogens with zero attached hydrogens (tertiary/aromatic N) is 3. The molecular formula is C23H24N4O3. The lowest BCUT2D eigenvalue weighted by atomic mass is 10.1. The van der Waals surface area contributed by atoms with Crippen LogP contribution in [0.4, 0.5) is 11.5 Å². The van der Waals surface area contributed by atoms with Gasteiger partial charge in [0.1, 0.15) is 11.6 Å². The number of ether oxygens (including phenoxy) is 3. The van der Waals surface area contributed by atoms with Gasteiger partial charge in [0.15, 0.2) is 17.1 Å². The van der Waals surface area contributed by atoms with E-state index in [1.54, 1.807) is 21.3 Å². The minimum Gasteiger partial charge on any atom is -0.497 e. The Kier molecular flexibility index (Phi) is 5.18. The maximum atomic E-state index is 5.46. The fourth-order valence-electron chi connectivity index (χ4n) is 3.41. The van der Waals surface area contributed by atoms with Gasteiger partial charge in [-0.1, -0.05) is 0 Å². The molecule has 2 heterocycles. The van der Waals surface area contributed by atoms with Crippen molar-refractivity contribution < 1.29 is 14.2 Å². The molecular weight excluding hydrogens is 380 g/mol. The smallest absolute Gasteiger partial charge is 0.161 e. The molecule has 0 aliphatic heterocycles. The number of hydrogen-bond donors (Lipinski definition) is 1. The molecule has 0 bridgehead atoms. The Labute approximate surface area is 175 Å². The zero-order valence-electron chi connectivity index (χ0n) is 17.7. The van der Waals surface area contributed by atoms with Gasteiger partial charge in [0.05, 0.1) is 27.0 Å². The molecule has 0 fully saturated rings. The van der Waals surface area contributed by atoms with Crippen molar-refractivity contribution in [3.05, 3.63) is 59.8 Å². The van der Waals surface area contributed by atoms with Crippen LogP contribution in [0.2, 0.25) is 0 Å². The summed E-state index contributed by atoms with van der Waals surface area (Å²) in [5.74, 6) is 2.98.